The van der Waals surface area contributed by atoms with E-state index in [2.05, 4.69) is 111 Å². The second kappa shape index (κ2) is 15.1. The topological polar surface area (TPSA) is 56.7 Å². The number of furan rings is 1. The number of rotatable bonds is 5. The molecule has 1 radical (unpaired) electrons. The van der Waals surface area contributed by atoms with Gasteiger partial charge in [-0.2, -0.15) is 0 Å². The molecule has 0 aliphatic rings. The number of para-hydroxylation sites is 3. The van der Waals surface area contributed by atoms with Crippen LogP contribution in [0.3, 0.4) is 0 Å². The van der Waals surface area contributed by atoms with Crippen LogP contribution in [0.25, 0.3) is 72.2 Å². The molecule has 0 saturated heterocycles. The predicted molar refractivity (Wildman–Crippen MR) is 219 cm³/mol. The fourth-order valence-corrected chi connectivity index (χ4v) is 7.10. The first-order chi connectivity index (χ1) is 28.1. The third-order valence-corrected chi connectivity index (χ3v) is 9.65. The van der Waals surface area contributed by atoms with Crippen LogP contribution in [0.1, 0.15) is 75.7 Å². The van der Waals surface area contributed by atoms with Gasteiger partial charge in [-0.25, -0.2) is 0 Å². The molecule has 0 N–H and O–H groups in total. The summed E-state index contributed by atoms with van der Waals surface area (Å²) in [6, 6.07) is 41.2. The van der Waals surface area contributed by atoms with Crippen LogP contribution in [0.15, 0.2) is 120 Å². The van der Waals surface area contributed by atoms with Crippen LogP contribution in [0.5, 0.6) is 0 Å². The van der Waals surface area contributed by atoms with Crippen molar-refractivity contribution in [3.63, 3.8) is 0 Å². The summed E-state index contributed by atoms with van der Waals surface area (Å²) in [5, 5.41) is 3.21. The Morgan fingerprint density at radius 1 is 0.722 bits per heavy atom. The van der Waals surface area contributed by atoms with Crippen LogP contribution in [-0.4, -0.2) is 19.5 Å². The maximum Gasteiger partial charge on any atom is 0.120 e. The van der Waals surface area contributed by atoms with Gasteiger partial charge in [0.05, 0.1) is 33.7 Å². The van der Waals surface area contributed by atoms with Crippen LogP contribution < -0.4 is 0 Å². The molecule has 0 fully saturated rings. The molecule has 5 nitrogen and oxygen atoms in total. The molecule has 0 aliphatic carbocycles. The summed E-state index contributed by atoms with van der Waals surface area (Å²) in [5.41, 5.74) is 11.7. The van der Waals surface area contributed by atoms with Gasteiger partial charge in [0.25, 0.3) is 0 Å². The van der Waals surface area contributed by atoms with Crippen molar-refractivity contribution in [3.8, 4) is 28.3 Å². The molecule has 54 heavy (non-hydrogen) atoms. The van der Waals surface area contributed by atoms with E-state index in [-0.39, 0.29) is 31.2 Å². The second-order valence-corrected chi connectivity index (χ2v) is 13.9. The molecule has 4 aromatic heterocycles. The van der Waals surface area contributed by atoms with Gasteiger partial charge in [0.1, 0.15) is 5.58 Å². The van der Waals surface area contributed by atoms with E-state index >= 15 is 0 Å². The van der Waals surface area contributed by atoms with Crippen molar-refractivity contribution >= 4 is 43.9 Å². The number of hydrogen-bond donors (Lipinski definition) is 0. The Hall–Kier alpha value is -5.42. The van der Waals surface area contributed by atoms with Gasteiger partial charge >= 0.3 is 0 Å². The molecule has 0 spiro atoms. The standard InChI is InChI=1S/C35H30N3O.C13H12N.Ir/c1-20(2)23-14-10-15-24(21(3)4)33(23)38-32-22(5)36-29-18-8-6-13-27(29)31(32)37-35(38)28-17-11-16-26-25-12-7-9-19-30(25)39-34(26)28;1-10-3-6-12(7-4-10)13-8-5-11(2)9-14-13;/h6-16,18-21H,1-5H3;3-6,8-9H,1-2H3;/q2*-1;/i;1D3,2D3;. The first kappa shape index (κ1) is 30.0. The summed E-state index contributed by atoms with van der Waals surface area (Å²) < 4.78 is 52.5. The molecule has 4 heterocycles. The van der Waals surface area contributed by atoms with Crippen molar-refractivity contribution < 1.29 is 32.7 Å². The van der Waals surface area contributed by atoms with Gasteiger partial charge in [-0.3, -0.25) is 9.97 Å². The molecule has 0 atom stereocenters. The van der Waals surface area contributed by atoms with Crippen molar-refractivity contribution in [1.82, 2.24) is 19.5 Å². The first-order valence-electron chi connectivity index (χ1n) is 20.8. The van der Waals surface area contributed by atoms with Crippen molar-refractivity contribution in [2.24, 2.45) is 0 Å². The molecule has 6 heteroatoms. The molecule has 271 valence electrons. The van der Waals surface area contributed by atoms with E-state index in [1.165, 1.54) is 41.2 Å². The van der Waals surface area contributed by atoms with Crippen LogP contribution in [-0.2, 0) is 20.1 Å². The van der Waals surface area contributed by atoms with E-state index in [0.717, 1.165) is 61.0 Å². The quantitative estimate of drug-likeness (QED) is 0.162. The summed E-state index contributed by atoms with van der Waals surface area (Å²) >= 11 is 0. The number of pyridine rings is 2. The zero-order valence-electron chi connectivity index (χ0n) is 36.7. The Morgan fingerprint density at radius 3 is 2.13 bits per heavy atom. The number of aryl methyl sites for hydroxylation is 3. The first-order valence-corrected chi connectivity index (χ1v) is 17.8. The summed E-state index contributed by atoms with van der Waals surface area (Å²) in [6.07, 6.45) is 1.30. The van der Waals surface area contributed by atoms with Gasteiger partial charge in [-0.15, -0.1) is 53.6 Å². The maximum atomic E-state index is 7.28. The zero-order chi connectivity index (χ0) is 41.8. The molecule has 0 bridgehead atoms. The molecule has 9 aromatic rings. The second-order valence-electron chi connectivity index (χ2n) is 13.9. The van der Waals surface area contributed by atoms with Crippen molar-refractivity contribution in [1.29, 1.82) is 0 Å². The van der Waals surface area contributed by atoms with Gasteiger partial charge in [-0.1, -0.05) is 112 Å². The van der Waals surface area contributed by atoms with E-state index in [0.29, 0.717) is 23.1 Å². The molecule has 0 aliphatic heterocycles. The average molecular weight is 889 g/mol. The number of hydrogen-bond acceptors (Lipinski definition) is 4. The normalized spacial score (nSPS) is 13.5. The minimum absolute atomic E-state index is 0. The smallest absolute Gasteiger partial charge is 0.120 e. The minimum atomic E-state index is -2.18. The zero-order valence-corrected chi connectivity index (χ0v) is 33.0. The van der Waals surface area contributed by atoms with E-state index in [1.807, 2.05) is 24.3 Å². The van der Waals surface area contributed by atoms with Gasteiger partial charge in [0.15, 0.2) is 0 Å². The van der Waals surface area contributed by atoms with E-state index in [1.54, 1.807) is 12.1 Å². The molecular weight excluding hydrogens is 841 g/mol. The Balaban J connectivity index is 0.000000220. The average Bonchev–Trinajstić information content (AvgIpc) is 3.80. The molecule has 0 amide bonds. The van der Waals surface area contributed by atoms with Crippen LogP contribution >= 0.6 is 0 Å². The van der Waals surface area contributed by atoms with Gasteiger partial charge < -0.3 is 14.0 Å². The Bertz CT molecular complexity index is 2900. The fraction of sp³-hybridized carbons (Fsp3) is 0.188. The Morgan fingerprint density at radius 2 is 1.44 bits per heavy atom. The summed E-state index contributed by atoms with van der Waals surface area (Å²) in [7, 11) is 0. The minimum Gasteiger partial charge on any atom is -0.501 e. The van der Waals surface area contributed by atoms with Gasteiger partial charge in [0.2, 0.25) is 0 Å². The molecule has 0 unspecified atom stereocenters. The monoisotopic (exact) mass is 889 g/mol. The molecule has 9 rings (SSSR count). The van der Waals surface area contributed by atoms with E-state index < -0.39 is 13.7 Å². The van der Waals surface area contributed by atoms with Crippen molar-refractivity contribution in [2.45, 2.75) is 60.2 Å². The van der Waals surface area contributed by atoms with Crippen molar-refractivity contribution in [2.75, 3.05) is 0 Å². The Labute approximate surface area is 338 Å². The third kappa shape index (κ3) is 6.66. The summed E-state index contributed by atoms with van der Waals surface area (Å²) in [5.74, 6) is 1.47. The van der Waals surface area contributed by atoms with Crippen molar-refractivity contribution in [3.05, 3.63) is 155 Å². The van der Waals surface area contributed by atoms with Crippen LogP contribution in [0.4, 0.5) is 0 Å². The number of benzene rings is 5. The Kier molecular flexibility index (Phi) is 8.40. The largest absolute Gasteiger partial charge is 0.501 e. The van der Waals surface area contributed by atoms with Crippen LogP contribution in [0, 0.1) is 32.8 Å². The van der Waals surface area contributed by atoms with Crippen LogP contribution in [0.2, 0.25) is 0 Å². The number of imidazole rings is 1. The fourth-order valence-electron chi connectivity index (χ4n) is 7.10. The van der Waals surface area contributed by atoms with Gasteiger partial charge in [-0.05, 0) is 60.1 Å². The number of fused-ring (bicyclic) bond motifs is 6. The third-order valence-electron chi connectivity index (χ3n) is 9.65. The maximum absolute atomic E-state index is 7.28. The summed E-state index contributed by atoms with van der Waals surface area (Å²) in [4.78, 5) is 14.5. The van der Waals surface area contributed by atoms with E-state index in [9.17, 15) is 0 Å². The number of aromatic nitrogens is 4. The summed E-state index contributed by atoms with van der Waals surface area (Å²) in [6.45, 7) is 6.79. The number of nitrogens with zero attached hydrogens (tertiary/aromatic N) is 4. The molecule has 0 saturated carbocycles. The predicted octanol–water partition coefficient (Wildman–Crippen LogP) is 12.7. The molecule has 5 aromatic carbocycles. The SMILES string of the molecule is Cc1nc2ccccc2c2nc(-c3[c-]ccc4c3oc3ccccc34)n(-c3c(C(C)C)cccc3C(C)C)c12.[2H]C([2H])([2H])c1c[c-]c(-c2ccc(C([2H])([2H])[2H])cn2)cc1.[Ir]. The molecular formula is C48H42IrN4O-2. The van der Waals surface area contributed by atoms with E-state index in [4.69, 9.17) is 22.6 Å². The van der Waals surface area contributed by atoms with Gasteiger partial charge in [0, 0.05) is 51.0 Å².